The molecule has 4 aliphatic rings. The molecule has 1 spiro atoms. The van der Waals surface area contributed by atoms with E-state index in [4.69, 9.17) is 18.9 Å². The lowest BCUT2D eigenvalue weighted by atomic mass is 9.65. The van der Waals surface area contributed by atoms with E-state index in [0.29, 0.717) is 23.6 Å². The van der Waals surface area contributed by atoms with Crippen molar-refractivity contribution in [2.45, 2.75) is 30.1 Å². The van der Waals surface area contributed by atoms with Crippen LogP contribution in [-0.2, 0) is 14.9 Å². The molecule has 0 saturated carbocycles. The van der Waals surface area contributed by atoms with E-state index in [2.05, 4.69) is 17.5 Å². The van der Waals surface area contributed by atoms with Gasteiger partial charge in [0, 0.05) is 19.7 Å². The fourth-order valence-corrected chi connectivity index (χ4v) is 4.32. The van der Waals surface area contributed by atoms with Crippen LogP contribution in [-0.4, -0.2) is 44.7 Å². The number of methoxy groups -OCH3 is 1. The van der Waals surface area contributed by atoms with Gasteiger partial charge in [0.15, 0.2) is 11.5 Å². The summed E-state index contributed by atoms with van der Waals surface area (Å²) in [5.74, 6) is 1.01. The molecule has 1 saturated heterocycles. The van der Waals surface area contributed by atoms with Crippen molar-refractivity contribution in [2.75, 3.05) is 20.4 Å². The molecule has 0 bridgehead atoms. The van der Waals surface area contributed by atoms with Crippen molar-refractivity contribution in [3.63, 3.8) is 0 Å². The molecule has 1 aromatic rings. The molecule has 23 heavy (non-hydrogen) atoms. The quantitative estimate of drug-likeness (QED) is 0.619. The summed E-state index contributed by atoms with van der Waals surface area (Å²) in [4.78, 5) is 12.4. The second kappa shape index (κ2) is 4.49. The van der Waals surface area contributed by atoms with Crippen LogP contribution in [0.15, 0.2) is 24.3 Å². The minimum absolute atomic E-state index is 0.0759. The molecule has 3 aliphatic heterocycles. The highest BCUT2D eigenvalue weighted by Gasteiger charge is 2.57. The highest BCUT2D eigenvalue weighted by Crippen LogP contribution is 2.50. The van der Waals surface area contributed by atoms with Gasteiger partial charge in [0.05, 0.1) is 17.1 Å². The first kappa shape index (κ1) is 13.4. The van der Waals surface area contributed by atoms with E-state index >= 15 is 0 Å². The minimum atomic E-state index is -0.362. The number of carbonyl (C=O) groups excluding carboxylic acids is 1. The number of fused-ring (bicyclic) bond motifs is 2. The molecule has 0 radical (unpaired) electrons. The predicted octanol–water partition coefficient (Wildman–Crippen LogP) is 1.14. The largest absolute Gasteiger partial charge is 0.456 e. The third kappa shape index (κ3) is 1.62. The number of esters is 1. The Morgan fingerprint density at radius 1 is 1.30 bits per heavy atom. The minimum Gasteiger partial charge on any atom is -0.456 e. The van der Waals surface area contributed by atoms with Crippen LogP contribution >= 0.6 is 0 Å². The average Bonchev–Trinajstić information content (AvgIpc) is 3.17. The first-order chi connectivity index (χ1) is 11.2. The van der Waals surface area contributed by atoms with Crippen LogP contribution in [0, 0.1) is 0 Å². The van der Waals surface area contributed by atoms with Crippen LogP contribution in [0.4, 0.5) is 0 Å². The van der Waals surface area contributed by atoms with Gasteiger partial charge in [-0.2, -0.15) is 0 Å². The Hall–Kier alpha value is -2.05. The zero-order chi connectivity index (χ0) is 15.6. The summed E-state index contributed by atoms with van der Waals surface area (Å²) in [6, 6.07) is 3.86. The van der Waals surface area contributed by atoms with Gasteiger partial charge in [0.25, 0.3) is 0 Å². The third-order valence-electron chi connectivity index (χ3n) is 5.46. The van der Waals surface area contributed by atoms with E-state index in [1.54, 1.807) is 13.2 Å². The molecule has 1 aromatic carbocycles. The van der Waals surface area contributed by atoms with Crippen LogP contribution in [0.1, 0.15) is 22.3 Å². The van der Waals surface area contributed by atoms with Crippen molar-refractivity contribution in [3.8, 4) is 11.5 Å². The number of carbonyl (C=O) groups is 1. The average molecular weight is 315 g/mol. The topological polar surface area (TPSA) is 66.0 Å². The molecular formula is C17H17NO5. The maximum atomic E-state index is 12.4. The normalized spacial score (nSPS) is 36.2. The Labute approximate surface area is 133 Å². The summed E-state index contributed by atoms with van der Waals surface area (Å²) in [5.41, 5.74) is 1.17. The Balaban J connectivity index is 1.73. The Kier molecular flexibility index (Phi) is 2.61. The fraction of sp³-hybridized carbons (Fsp3) is 0.471. The lowest BCUT2D eigenvalue weighted by Crippen LogP contribution is -2.52. The molecule has 1 aliphatic carbocycles. The Morgan fingerprint density at radius 2 is 2.13 bits per heavy atom. The van der Waals surface area contributed by atoms with Crippen LogP contribution in [0.3, 0.4) is 0 Å². The van der Waals surface area contributed by atoms with Crippen molar-refractivity contribution in [1.82, 2.24) is 5.32 Å². The van der Waals surface area contributed by atoms with Crippen molar-refractivity contribution in [3.05, 3.63) is 35.4 Å². The van der Waals surface area contributed by atoms with Gasteiger partial charge in [-0.25, -0.2) is 4.79 Å². The molecule has 0 unspecified atom stereocenters. The molecule has 3 heterocycles. The number of nitrogens with one attached hydrogen (secondary N) is 1. The van der Waals surface area contributed by atoms with Crippen LogP contribution in [0.5, 0.6) is 11.5 Å². The highest BCUT2D eigenvalue weighted by atomic mass is 16.7. The summed E-state index contributed by atoms with van der Waals surface area (Å²) in [5, 5.41) is 3.50. The van der Waals surface area contributed by atoms with Crippen molar-refractivity contribution < 1.29 is 23.7 Å². The molecule has 6 nitrogen and oxygen atoms in total. The maximum Gasteiger partial charge on any atom is 0.338 e. The van der Waals surface area contributed by atoms with Gasteiger partial charge in [-0.1, -0.05) is 12.2 Å². The number of rotatable bonds is 1. The molecule has 5 rings (SSSR count). The summed E-state index contributed by atoms with van der Waals surface area (Å²) in [6.45, 7) is 0.831. The summed E-state index contributed by atoms with van der Waals surface area (Å²) < 4.78 is 22.1. The second-order valence-electron chi connectivity index (χ2n) is 6.41. The molecule has 4 atom stereocenters. The van der Waals surface area contributed by atoms with Crippen LogP contribution < -0.4 is 14.8 Å². The van der Waals surface area contributed by atoms with E-state index in [-0.39, 0.29) is 36.4 Å². The van der Waals surface area contributed by atoms with Crippen LogP contribution in [0.2, 0.25) is 0 Å². The first-order valence-electron chi connectivity index (χ1n) is 7.83. The second-order valence-corrected chi connectivity index (χ2v) is 6.41. The smallest absolute Gasteiger partial charge is 0.338 e. The van der Waals surface area contributed by atoms with Crippen molar-refractivity contribution in [2.24, 2.45) is 0 Å². The zero-order valence-electron chi connectivity index (χ0n) is 12.7. The van der Waals surface area contributed by atoms with Crippen LogP contribution in [0.25, 0.3) is 0 Å². The molecular weight excluding hydrogens is 298 g/mol. The van der Waals surface area contributed by atoms with Gasteiger partial charge < -0.3 is 24.3 Å². The predicted molar refractivity (Wildman–Crippen MR) is 79.8 cm³/mol. The lowest BCUT2D eigenvalue weighted by Gasteiger charge is -2.44. The molecule has 120 valence electrons. The van der Waals surface area contributed by atoms with E-state index in [1.807, 2.05) is 6.07 Å². The number of hydrogen-bond acceptors (Lipinski definition) is 6. The standard InChI is InChI=1S/C17H17NO5/c1-20-9-2-3-17-11-6-13-12(21-8-22-13)5-10(11)16(19)23-15(17)7-18-14(17)4-9/h2-3,5-6,9,14-15,18H,4,7-8H2,1H3/t9-,14-,15-,17-/m0/s1. The number of hydrogen-bond donors (Lipinski definition) is 1. The molecule has 0 aromatic heterocycles. The molecule has 1 fully saturated rings. The first-order valence-corrected chi connectivity index (χ1v) is 7.83. The summed E-state index contributed by atoms with van der Waals surface area (Å²) in [6.07, 6.45) is 4.93. The zero-order valence-corrected chi connectivity index (χ0v) is 12.7. The number of benzene rings is 1. The van der Waals surface area contributed by atoms with Gasteiger partial charge in [0.2, 0.25) is 6.79 Å². The van der Waals surface area contributed by atoms with Gasteiger partial charge in [-0.05, 0) is 24.1 Å². The molecule has 6 heteroatoms. The Morgan fingerprint density at radius 3 is 2.96 bits per heavy atom. The van der Waals surface area contributed by atoms with Gasteiger partial charge >= 0.3 is 5.97 Å². The van der Waals surface area contributed by atoms with E-state index in [0.717, 1.165) is 12.0 Å². The maximum absolute atomic E-state index is 12.4. The highest BCUT2D eigenvalue weighted by molar-refractivity contribution is 5.94. The van der Waals surface area contributed by atoms with Crippen molar-refractivity contribution in [1.29, 1.82) is 0 Å². The Bertz CT molecular complexity index is 730. The molecule has 0 amide bonds. The summed E-state index contributed by atoms with van der Waals surface area (Å²) in [7, 11) is 1.71. The van der Waals surface area contributed by atoms with Gasteiger partial charge in [-0.15, -0.1) is 0 Å². The van der Waals surface area contributed by atoms with E-state index in [1.165, 1.54) is 0 Å². The fourth-order valence-electron chi connectivity index (χ4n) is 4.32. The molecule has 1 N–H and O–H groups in total. The van der Waals surface area contributed by atoms with Crippen molar-refractivity contribution >= 4 is 5.97 Å². The lowest BCUT2D eigenvalue weighted by molar-refractivity contribution is 0.0118. The van der Waals surface area contributed by atoms with Gasteiger partial charge in [-0.3, -0.25) is 0 Å². The SMILES string of the molecule is CO[C@H]1C=C[C@@]23c4cc5c(cc4C(=O)O[C@H]2CN[C@H]3C1)OCO5. The monoisotopic (exact) mass is 315 g/mol. The van der Waals surface area contributed by atoms with Gasteiger partial charge in [0.1, 0.15) is 6.10 Å². The summed E-state index contributed by atoms with van der Waals surface area (Å²) >= 11 is 0. The van der Waals surface area contributed by atoms with E-state index < -0.39 is 0 Å². The number of ether oxygens (including phenoxy) is 4. The van der Waals surface area contributed by atoms with E-state index in [9.17, 15) is 4.79 Å². The third-order valence-corrected chi connectivity index (χ3v) is 5.46.